The second-order valence-corrected chi connectivity index (χ2v) is 10.3. The van der Waals surface area contributed by atoms with E-state index in [1.165, 1.54) is 25.4 Å². The Morgan fingerprint density at radius 3 is 2.63 bits per heavy atom. The molecule has 3 aromatic rings. The summed E-state index contributed by atoms with van der Waals surface area (Å²) in [4.78, 5) is 25.0. The number of methoxy groups -OCH3 is 1. The fourth-order valence-corrected chi connectivity index (χ4v) is 5.15. The number of para-hydroxylation sites is 2. The second-order valence-electron chi connectivity index (χ2n) is 8.74. The number of carbonyl (C=O) groups is 1. The molecule has 0 saturated carbocycles. The van der Waals surface area contributed by atoms with Crippen molar-refractivity contribution in [2.45, 2.75) is 0 Å². The summed E-state index contributed by atoms with van der Waals surface area (Å²) in [6.45, 7) is 5.04. The number of nitrogens with zero attached hydrogens (tertiary/aromatic N) is 5. The predicted octanol–water partition coefficient (Wildman–Crippen LogP) is 3.16. The summed E-state index contributed by atoms with van der Waals surface area (Å²) in [6, 6.07) is 11.9. The number of amides is 1. The predicted molar refractivity (Wildman–Crippen MR) is 150 cm³/mol. The standard InChI is InChI=1S/C25H30N8O4S/c1-6-24(34)27-18-15-19(22(37-5)16-21(18)32(4)14-13-31(2)3)28-25-26-12-11-23(29-25)33-20-10-8-7-9-17(20)30-38(33,35)36/h6-12,15-16,30H,1,13-14H2,2-5H3,(H,27,34)(H,26,28,29). The zero-order valence-electron chi connectivity index (χ0n) is 21.6. The Kier molecular flexibility index (Phi) is 7.69. The number of ether oxygens (including phenoxy) is 1. The van der Waals surface area contributed by atoms with E-state index in [-0.39, 0.29) is 17.7 Å². The van der Waals surface area contributed by atoms with E-state index in [0.717, 1.165) is 16.5 Å². The number of hydrogen-bond donors (Lipinski definition) is 3. The molecule has 0 fully saturated rings. The topological polar surface area (TPSA) is 132 Å². The zero-order chi connectivity index (χ0) is 27.4. The van der Waals surface area contributed by atoms with E-state index in [2.05, 4.69) is 36.8 Å². The third-order valence-corrected chi connectivity index (χ3v) is 7.09. The Labute approximate surface area is 222 Å². The van der Waals surface area contributed by atoms with E-state index in [9.17, 15) is 13.2 Å². The van der Waals surface area contributed by atoms with Crippen molar-refractivity contribution in [2.24, 2.45) is 0 Å². The summed E-state index contributed by atoms with van der Waals surface area (Å²) >= 11 is 0. The lowest BCUT2D eigenvalue weighted by Crippen LogP contribution is -2.29. The minimum atomic E-state index is -3.88. The van der Waals surface area contributed by atoms with Gasteiger partial charge in [-0.05, 0) is 38.4 Å². The van der Waals surface area contributed by atoms with Gasteiger partial charge in [-0.2, -0.15) is 13.4 Å². The maximum atomic E-state index is 12.8. The van der Waals surface area contributed by atoms with E-state index in [1.807, 2.05) is 26.0 Å². The molecule has 1 amide bonds. The van der Waals surface area contributed by atoms with Crippen LogP contribution in [0.25, 0.3) is 0 Å². The Balaban J connectivity index is 1.70. The number of aromatic nitrogens is 2. The van der Waals surface area contributed by atoms with Gasteiger partial charge in [0, 0.05) is 38.5 Å². The van der Waals surface area contributed by atoms with Crippen molar-refractivity contribution in [1.29, 1.82) is 0 Å². The lowest BCUT2D eigenvalue weighted by atomic mass is 10.2. The van der Waals surface area contributed by atoms with Crippen molar-refractivity contribution in [1.82, 2.24) is 14.9 Å². The highest BCUT2D eigenvalue weighted by molar-refractivity contribution is 7.94. The Bertz CT molecular complexity index is 1460. The Morgan fingerprint density at radius 1 is 1.16 bits per heavy atom. The average Bonchev–Trinajstić information content (AvgIpc) is 3.17. The van der Waals surface area contributed by atoms with Crippen LogP contribution in [0.2, 0.25) is 0 Å². The van der Waals surface area contributed by atoms with Crippen molar-refractivity contribution < 1.29 is 17.9 Å². The van der Waals surface area contributed by atoms with Crippen LogP contribution in [-0.2, 0) is 15.0 Å². The molecule has 0 atom stereocenters. The van der Waals surface area contributed by atoms with Crippen LogP contribution in [0, 0.1) is 0 Å². The van der Waals surface area contributed by atoms with Gasteiger partial charge in [0.1, 0.15) is 5.75 Å². The number of likely N-dealkylation sites (N-methyl/N-ethyl adjacent to an activating group) is 2. The summed E-state index contributed by atoms with van der Waals surface area (Å²) < 4.78 is 34.9. The molecule has 0 saturated heterocycles. The van der Waals surface area contributed by atoms with Crippen LogP contribution in [0.15, 0.2) is 61.3 Å². The first-order valence-electron chi connectivity index (χ1n) is 11.7. The number of nitrogens with one attached hydrogen (secondary N) is 3. The van der Waals surface area contributed by atoms with Crippen molar-refractivity contribution in [3.8, 4) is 5.75 Å². The van der Waals surface area contributed by atoms with Gasteiger partial charge >= 0.3 is 10.2 Å². The number of anilines is 7. The van der Waals surface area contributed by atoms with Crippen LogP contribution in [0.5, 0.6) is 5.75 Å². The fraction of sp³-hybridized carbons (Fsp3) is 0.240. The fourth-order valence-electron chi connectivity index (χ4n) is 3.85. The molecule has 1 aliphatic rings. The van der Waals surface area contributed by atoms with Gasteiger partial charge in [-0.3, -0.25) is 9.52 Å². The summed E-state index contributed by atoms with van der Waals surface area (Å²) in [7, 11) is 3.54. The van der Waals surface area contributed by atoms with Crippen LogP contribution >= 0.6 is 0 Å². The molecule has 38 heavy (non-hydrogen) atoms. The van der Waals surface area contributed by atoms with Crippen molar-refractivity contribution in [3.05, 3.63) is 61.3 Å². The number of carbonyl (C=O) groups excluding carboxylic acids is 1. The van der Waals surface area contributed by atoms with Crippen LogP contribution < -0.4 is 29.3 Å². The van der Waals surface area contributed by atoms with E-state index in [4.69, 9.17) is 4.74 Å². The summed E-state index contributed by atoms with van der Waals surface area (Å²) in [5.41, 5.74) is 2.64. The highest BCUT2D eigenvalue weighted by Gasteiger charge is 2.34. The van der Waals surface area contributed by atoms with Crippen molar-refractivity contribution >= 4 is 56.3 Å². The molecule has 0 aliphatic carbocycles. The first kappa shape index (κ1) is 26.7. The van der Waals surface area contributed by atoms with E-state index >= 15 is 0 Å². The number of fused-ring (bicyclic) bond motifs is 1. The summed E-state index contributed by atoms with van der Waals surface area (Å²) in [5, 5.41) is 5.93. The van der Waals surface area contributed by atoms with Crippen LogP contribution in [0.3, 0.4) is 0 Å². The van der Waals surface area contributed by atoms with Gasteiger partial charge < -0.3 is 25.2 Å². The monoisotopic (exact) mass is 538 g/mol. The molecule has 2 heterocycles. The lowest BCUT2D eigenvalue weighted by molar-refractivity contribution is -0.111. The third-order valence-electron chi connectivity index (χ3n) is 5.75. The number of benzene rings is 2. The van der Waals surface area contributed by atoms with Gasteiger partial charge in [0.15, 0.2) is 5.82 Å². The molecule has 4 rings (SSSR count). The number of hydrogen-bond acceptors (Lipinski definition) is 9. The molecule has 12 nitrogen and oxygen atoms in total. The normalized spacial score (nSPS) is 13.4. The number of rotatable bonds is 10. The molecule has 3 N–H and O–H groups in total. The zero-order valence-corrected chi connectivity index (χ0v) is 22.4. The first-order chi connectivity index (χ1) is 18.1. The smallest absolute Gasteiger partial charge is 0.329 e. The molecular formula is C25H30N8O4S. The minimum Gasteiger partial charge on any atom is -0.494 e. The van der Waals surface area contributed by atoms with Gasteiger partial charge in [0.2, 0.25) is 11.9 Å². The average molecular weight is 539 g/mol. The molecule has 0 unspecified atom stereocenters. The van der Waals surface area contributed by atoms with Crippen LogP contribution in [-0.4, -0.2) is 70.5 Å². The lowest BCUT2D eigenvalue weighted by Gasteiger charge is -2.26. The molecule has 13 heteroatoms. The molecule has 0 radical (unpaired) electrons. The molecule has 0 bridgehead atoms. The Morgan fingerprint density at radius 2 is 1.92 bits per heavy atom. The molecule has 200 valence electrons. The van der Waals surface area contributed by atoms with E-state index < -0.39 is 10.2 Å². The molecular weight excluding hydrogens is 508 g/mol. The van der Waals surface area contributed by atoms with Crippen molar-refractivity contribution in [2.75, 3.05) is 65.9 Å². The van der Waals surface area contributed by atoms with E-state index in [1.54, 1.807) is 36.4 Å². The highest BCUT2D eigenvalue weighted by Crippen LogP contribution is 2.41. The SMILES string of the molecule is C=CC(=O)Nc1cc(Nc2nccc(N3c4ccccc4NS3(=O)=O)n2)c(OC)cc1N(C)CCN(C)C. The van der Waals surface area contributed by atoms with Gasteiger partial charge in [0.05, 0.1) is 35.5 Å². The van der Waals surface area contributed by atoms with Crippen LogP contribution in [0.1, 0.15) is 0 Å². The van der Waals surface area contributed by atoms with Crippen LogP contribution in [0.4, 0.5) is 40.2 Å². The highest BCUT2D eigenvalue weighted by atomic mass is 32.2. The largest absolute Gasteiger partial charge is 0.494 e. The maximum Gasteiger partial charge on any atom is 0.329 e. The minimum absolute atomic E-state index is 0.134. The molecule has 1 aliphatic heterocycles. The Hall–Kier alpha value is -4.36. The van der Waals surface area contributed by atoms with Gasteiger partial charge in [-0.25, -0.2) is 9.29 Å². The molecule has 0 spiro atoms. The third kappa shape index (κ3) is 5.63. The van der Waals surface area contributed by atoms with Gasteiger partial charge in [-0.1, -0.05) is 18.7 Å². The quantitative estimate of drug-likeness (QED) is 0.333. The molecule has 1 aromatic heterocycles. The molecule has 2 aromatic carbocycles. The van der Waals surface area contributed by atoms with Gasteiger partial charge in [-0.15, -0.1) is 0 Å². The summed E-state index contributed by atoms with van der Waals surface area (Å²) in [6.07, 6.45) is 2.65. The summed E-state index contributed by atoms with van der Waals surface area (Å²) in [5.74, 6) is 0.393. The van der Waals surface area contributed by atoms with E-state index in [0.29, 0.717) is 35.0 Å². The van der Waals surface area contributed by atoms with Crippen molar-refractivity contribution in [3.63, 3.8) is 0 Å². The second kappa shape index (κ2) is 10.9. The maximum absolute atomic E-state index is 12.8. The van der Waals surface area contributed by atoms with Gasteiger partial charge in [0.25, 0.3) is 0 Å². The first-order valence-corrected chi connectivity index (χ1v) is 13.1.